The van der Waals surface area contributed by atoms with Gasteiger partial charge >= 0.3 is 0 Å². The van der Waals surface area contributed by atoms with Gasteiger partial charge in [0.15, 0.2) is 0 Å². The van der Waals surface area contributed by atoms with Crippen molar-refractivity contribution in [2.45, 2.75) is 0 Å². The van der Waals surface area contributed by atoms with Gasteiger partial charge in [0.25, 0.3) is 0 Å². The molecule has 0 unspecified atom stereocenters. The summed E-state index contributed by atoms with van der Waals surface area (Å²) in [6.07, 6.45) is 0. The number of nitrogens with one attached hydrogen (secondary N) is 1. The van der Waals surface area contributed by atoms with Gasteiger partial charge in [-0.15, -0.1) is 0 Å². The molecule has 0 aliphatic heterocycles. The highest BCUT2D eigenvalue weighted by atomic mass is 32.2. The van der Waals surface area contributed by atoms with Crippen molar-refractivity contribution in [3.05, 3.63) is 30.3 Å². The fourth-order valence-electron chi connectivity index (χ4n) is 0.909. The summed E-state index contributed by atoms with van der Waals surface area (Å²) in [4.78, 5) is -0.0477. The molecule has 0 atom stereocenters. The molecule has 0 radical (unpaired) electrons. The van der Waals surface area contributed by atoms with Crippen LogP contribution < -0.4 is 10.5 Å². The van der Waals surface area contributed by atoms with Crippen LogP contribution in [-0.4, -0.2) is 19.2 Å². The largest absolute Gasteiger partial charge is 0.392 e. The Bertz CT molecular complexity index is 414. The zero-order chi connectivity index (χ0) is 10.6. The molecule has 0 spiro atoms. The number of rotatable bonds is 4. The summed E-state index contributed by atoms with van der Waals surface area (Å²) in [5, 5.41) is 0. The zero-order valence-corrected chi connectivity index (χ0v) is 8.94. The second-order valence-electron chi connectivity index (χ2n) is 2.69. The quantitative estimate of drug-likeness (QED) is 0.747. The second-order valence-corrected chi connectivity index (χ2v) is 4.94. The van der Waals surface area contributed by atoms with Crippen LogP contribution in [0.1, 0.15) is 0 Å². The van der Waals surface area contributed by atoms with Crippen molar-refractivity contribution in [1.29, 1.82) is 0 Å². The fourth-order valence-corrected chi connectivity index (χ4v) is 2.32. The first-order valence-corrected chi connectivity index (χ1v) is 5.89. The third kappa shape index (κ3) is 3.71. The maximum atomic E-state index is 11.3. The highest BCUT2D eigenvalue weighted by Gasteiger charge is 2.10. The predicted octanol–water partition coefficient (Wildman–Crippen LogP) is 0.714. The molecule has 1 aromatic carbocycles. The zero-order valence-electron chi connectivity index (χ0n) is 7.30. The predicted molar refractivity (Wildman–Crippen MR) is 60.6 cm³/mol. The number of nitrogens with two attached hydrogens (primary N) is 1. The number of thiocarbonyl (C=S) groups is 1. The van der Waals surface area contributed by atoms with E-state index in [2.05, 4.69) is 16.9 Å². The molecule has 0 heterocycles. The first kappa shape index (κ1) is 10.9. The number of sulfonamides is 1. The lowest BCUT2D eigenvalue weighted by Crippen LogP contribution is -2.26. The van der Waals surface area contributed by atoms with E-state index in [1.807, 2.05) is 0 Å². The van der Waals surface area contributed by atoms with Crippen molar-refractivity contribution in [2.24, 2.45) is 5.73 Å². The smallest absolute Gasteiger partial charge is 0.239 e. The van der Waals surface area contributed by atoms with Crippen LogP contribution in [0.4, 0.5) is 5.69 Å². The van der Waals surface area contributed by atoms with Gasteiger partial charge in [0.2, 0.25) is 10.0 Å². The van der Waals surface area contributed by atoms with Crippen molar-refractivity contribution in [3.63, 3.8) is 0 Å². The Morgan fingerprint density at radius 1 is 1.36 bits per heavy atom. The standard InChI is InChI=1S/C8H10N2O2S2/c9-8(13)6-14(11,12)10-7-4-2-1-3-5-7/h1-5,10H,6H2,(H2,9,13). The van der Waals surface area contributed by atoms with E-state index in [9.17, 15) is 8.42 Å². The van der Waals surface area contributed by atoms with Crippen LogP contribution >= 0.6 is 12.2 Å². The Balaban J connectivity index is 2.74. The SMILES string of the molecule is NC(=S)CS(=O)(=O)Nc1ccccc1. The van der Waals surface area contributed by atoms with Gasteiger partial charge in [-0.05, 0) is 12.1 Å². The Kier molecular flexibility index (Phi) is 3.43. The summed E-state index contributed by atoms with van der Waals surface area (Å²) in [6, 6.07) is 8.57. The van der Waals surface area contributed by atoms with Gasteiger partial charge in [-0.25, -0.2) is 8.42 Å². The molecular weight excluding hydrogens is 220 g/mol. The average molecular weight is 230 g/mol. The molecule has 76 valence electrons. The molecule has 0 amide bonds. The summed E-state index contributed by atoms with van der Waals surface area (Å²) in [5.41, 5.74) is 5.65. The average Bonchev–Trinajstić information content (AvgIpc) is 2.02. The minimum Gasteiger partial charge on any atom is -0.392 e. The van der Waals surface area contributed by atoms with E-state index in [1.54, 1.807) is 30.3 Å². The summed E-state index contributed by atoms with van der Waals surface area (Å²) in [5.74, 6) is -0.336. The summed E-state index contributed by atoms with van der Waals surface area (Å²) in [7, 11) is -3.45. The molecule has 4 nitrogen and oxygen atoms in total. The molecule has 6 heteroatoms. The van der Waals surface area contributed by atoms with E-state index in [0.717, 1.165) is 0 Å². The van der Waals surface area contributed by atoms with Gasteiger partial charge in [0.05, 0.1) is 4.99 Å². The molecule has 14 heavy (non-hydrogen) atoms. The van der Waals surface area contributed by atoms with Crippen LogP contribution in [0.3, 0.4) is 0 Å². The lowest BCUT2D eigenvalue weighted by atomic mass is 10.3. The maximum absolute atomic E-state index is 11.3. The van der Waals surface area contributed by atoms with Gasteiger partial charge < -0.3 is 5.73 Å². The lowest BCUT2D eigenvalue weighted by molar-refractivity contribution is 0.605. The molecule has 0 fully saturated rings. The summed E-state index contributed by atoms with van der Waals surface area (Å²) < 4.78 is 25.0. The van der Waals surface area contributed by atoms with Gasteiger partial charge in [-0.3, -0.25) is 4.72 Å². The van der Waals surface area contributed by atoms with Gasteiger partial charge in [0, 0.05) is 5.69 Å². The minimum absolute atomic E-state index is 0.0477. The van der Waals surface area contributed by atoms with Crippen molar-refractivity contribution in [3.8, 4) is 0 Å². The van der Waals surface area contributed by atoms with Gasteiger partial charge in [-0.2, -0.15) is 0 Å². The van der Waals surface area contributed by atoms with Gasteiger partial charge in [-0.1, -0.05) is 30.4 Å². The van der Waals surface area contributed by atoms with Crippen molar-refractivity contribution in [2.75, 3.05) is 10.5 Å². The van der Waals surface area contributed by atoms with Crippen molar-refractivity contribution >= 4 is 32.9 Å². The maximum Gasteiger partial charge on any atom is 0.239 e. The Labute approximate surface area is 88.2 Å². The summed E-state index contributed by atoms with van der Waals surface area (Å²) >= 11 is 4.52. The van der Waals surface area contributed by atoms with Crippen molar-refractivity contribution in [1.82, 2.24) is 0 Å². The highest BCUT2D eigenvalue weighted by Crippen LogP contribution is 2.07. The third-order valence-electron chi connectivity index (χ3n) is 1.38. The number of hydrogen-bond acceptors (Lipinski definition) is 3. The number of anilines is 1. The van der Waals surface area contributed by atoms with E-state index in [0.29, 0.717) is 5.69 Å². The molecular formula is C8H10N2O2S2. The van der Waals surface area contributed by atoms with E-state index in [4.69, 9.17) is 5.73 Å². The van der Waals surface area contributed by atoms with E-state index in [1.165, 1.54) is 0 Å². The monoisotopic (exact) mass is 230 g/mol. The van der Waals surface area contributed by atoms with Crippen LogP contribution in [0.5, 0.6) is 0 Å². The van der Waals surface area contributed by atoms with Crippen LogP contribution in [0.25, 0.3) is 0 Å². The fraction of sp³-hybridized carbons (Fsp3) is 0.125. The van der Waals surface area contributed by atoms with Crippen LogP contribution in [0.15, 0.2) is 30.3 Å². The second kappa shape index (κ2) is 4.39. The lowest BCUT2D eigenvalue weighted by Gasteiger charge is -2.06. The van der Waals surface area contributed by atoms with E-state index < -0.39 is 10.0 Å². The van der Waals surface area contributed by atoms with E-state index >= 15 is 0 Å². The number of benzene rings is 1. The third-order valence-corrected chi connectivity index (χ3v) is 2.94. The molecule has 0 aliphatic rings. The molecule has 0 saturated carbocycles. The molecule has 0 saturated heterocycles. The minimum atomic E-state index is -3.45. The molecule has 0 bridgehead atoms. The Morgan fingerprint density at radius 3 is 2.43 bits per heavy atom. The molecule has 0 aromatic heterocycles. The highest BCUT2D eigenvalue weighted by molar-refractivity contribution is 7.95. The summed E-state index contributed by atoms with van der Waals surface area (Å²) in [6.45, 7) is 0. The Hall–Kier alpha value is -1.14. The molecule has 3 N–H and O–H groups in total. The first-order valence-electron chi connectivity index (χ1n) is 3.83. The molecule has 0 aliphatic carbocycles. The first-order chi connectivity index (χ1) is 6.49. The molecule has 1 rings (SSSR count). The number of hydrogen-bond donors (Lipinski definition) is 2. The van der Waals surface area contributed by atoms with Crippen LogP contribution in [0.2, 0.25) is 0 Å². The van der Waals surface area contributed by atoms with Crippen LogP contribution in [-0.2, 0) is 10.0 Å². The van der Waals surface area contributed by atoms with Gasteiger partial charge in [0.1, 0.15) is 5.75 Å². The van der Waals surface area contributed by atoms with Crippen LogP contribution in [0, 0.1) is 0 Å². The number of para-hydroxylation sites is 1. The Morgan fingerprint density at radius 2 is 1.93 bits per heavy atom. The molecule has 1 aromatic rings. The van der Waals surface area contributed by atoms with Crippen molar-refractivity contribution < 1.29 is 8.42 Å². The normalized spacial score (nSPS) is 10.9. The topological polar surface area (TPSA) is 72.2 Å². The van der Waals surface area contributed by atoms with E-state index in [-0.39, 0.29) is 10.7 Å².